The van der Waals surface area contributed by atoms with Crippen LogP contribution in [0.4, 0.5) is 0 Å². The second kappa shape index (κ2) is 6.15. The summed E-state index contributed by atoms with van der Waals surface area (Å²) in [6.07, 6.45) is -0.918. The largest absolute Gasteiger partial charge is 0.479 e. The normalized spacial score (nSPS) is 12.2. The third-order valence-electron chi connectivity index (χ3n) is 2.56. The second-order valence-electron chi connectivity index (χ2n) is 3.96. The van der Waals surface area contributed by atoms with E-state index >= 15 is 0 Å². The van der Waals surface area contributed by atoms with Gasteiger partial charge in [-0.05, 0) is 20.3 Å². The molecule has 18 heavy (non-hydrogen) atoms. The fraction of sp³-hybridized carbons (Fsp3) is 0.545. The Bertz CT molecular complexity index is 421. The zero-order chi connectivity index (χ0) is 13.7. The average Bonchev–Trinajstić information content (AvgIpc) is 2.63. The number of hydrogen-bond donors (Lipinski definition) is 3. The van der Waals surface area contributed by atoms with E-state index in [-0.39, 0.29) is 18.9 Å². The standard InChI is InChI=1S/C11H16N2O5/c1-6-8(7(2)18-13-6)3-4-10(15)12-5-9(14)11(16)17/h9,14H,3-5H2,1-2H3,(H,12,15)(H,16,17). The summed E-state index contributed by atoms with van der Waals surface area (Å²) in [7, 11) is 0. The number of aliphatic carboxylic acids is 1. The summed E-state index contributed by atoms with van der Waals surface area (Å²) in [5, 5.41) is 23.5. The number of amides is 1. The topological polar surface area (TPSA) is 113 Å². The van der Waals surface area contributed by atoms with E-state index in [1.54, 1.807) is 13.8 Å². The van der Waals surface area contributed by atoms with Crippen LogP contribution in [0, 0.1) is 13.8 Å². The molecule has 0 radical (unpaired) electrons. The maximum atomic E-state index is 11.4. The molecular formula is C11H16N2O5. The van der Waals surface area contributed by atoms with Crippen molar-refractivity contribution >= 4 is 11.9 Å². The van der Waals surface area contributed by atoms with Crippen LogP contribution in [0.1, 0.15) is 23.4 Å². The van der Waals surface area contributed by atoms with Gasteiger partial charge in [0, 0.05) is 12.0 Å². The predicted octanol–water partition coefficient (Wildman–Crippen LogP) is -0.214. The molecule has 0 aliphatic rings. The van der Waals surface area contributed by atoms with Gasteiger partial charge < -0.3 is 20.1 Å². The molecular weight excluding hydrogens is 240 g/mol. The molecule has 1 heterocycles. The summed E-state index contributed by atoms with van der Waals surface area (Å²) in [5.74, 6) is -1.01. The summed E-state index contributed by atoms with van der Waals surface area (Å²) >= 11 is 0. The molecule has 0 aliphatic heterocycles. The van der Waals surface area contributed by atoms with Crippen molar-refractivity contribution in [2.75, 3.05) is 6.54 Å². The molecule has 1 amide bonds. The maximum absolute atomic E-state index is 11.4. The Balaban J connectivity index is 2.36. The van der Waals surface area contributed by atoms with E-state index in [0.717, 1.165) is 11.3 Å². The Labute approximate surface area is 104 Å². The Kier molecular flexibility index (Phi) is 4.85. The number of hydrogen-bond acceptors (Lipinski definition) is 5. The molecule has 0 saturated heterocycles. The summed E-state index contributed by atoms with van der Waals surface area (Å²) < 4.78 is 4.96. The fourth-order valence-electron chi connectivity index (χ4n) is 1.48. The number of carbonyl (C=O) groups is 2. The van der Waals surface area contributed by atoms with Gasteiger partial charge in [0.2, 0.25) is 5.91 Å². The molecule has 1 unspecified atom stereocenters. The molecule has 0 spiro atoms. The quantitative estimate of drug-likeness (QED) is 0.649. The first kappa shape index (κ1) is 14.2. The number of nitrogens with one attached hydrogen (secondary N) is 1. The highest BCUT2D eigenvalue weighted by Gasteiger charge is 2.15. The van der Waals surface area contributed by atoms with Gasteiger partial charge in [-0.1, -0.05) is 5.16 Å². The molecule has 3 N–H and O–H groups in total. The molecule has 1 rings (SSSR count). The summed E-state index contributed by atoms with van der Waals surface area (Å²) in [6, 6.07) is 0. The number of nitrogens with zero attached hydrogens (tertiary/aromatic N) is 1. The zero-order valence-electron chi connectivity index (χ0n) is 10.3. The van der Waals surface area contributed by atoms with Crippen LogP contribution in [0.25, 0.3) is 0 Å². The van der Waals surface area contributed by atoms with Gasteiger partial charge in [-0.3, -0.25) is 4.79 Å². The minimum atomic E-state index is -1.58. The first-order valence-electron chi connectivity index (χ1n) is 5.51. The van der Waals surface area contributed by atoms with E-state index in [4.69, 9.17) is 14.7 Å². The number of rotatable bonds is 6. The Hall–Kier alpha value is -1.89. The number of carboxylic acid groups (broad SMARTS) is 1. The van der Waals surface area contributed by atoms with E-state index in [2.05, 4.69) is 10.5 Å². The SMILES string of the molecule is Cc1noc(C)c1CCC(=O)NCC(O)C(=O)O. The van der Waals surface area contributed by atoms with Crippen molar-refractivity contribution in [2.45, 2.75) is 32.8 Å². The van der Waals surface area contributed by atoms with Crippen LogP contribution in [-0.4, -0.2) is 39.9 Å². The van der Waals surface area contributed by atoms with Gasteiger partial charge in [-0.25, -0.2) is 4.79 Å². The van der Waals surface area contributed by atoms with Crippen LogP contribution in [0.3, 0.4) is 0 Å². The molecule has 1 aromatic rings. The number of aliphatic hydroxyl groups is 1. The van der Waals surface area contributed by atoms with Crippen molar-refractivity contribution in [3.05, 3.63) is 17.0 Å². The van der Waals surface area contributed by atoms with Crippen molar-refractivity contribution in [2.24, 2.45) is 0 Å². The molecule has 0 aliphatic carbocycles. The highest BCUT2D eigenvalue weighted by Crippen LogP contribution is 2.13. The van der Waals surface area contributed by atoms with Crippen LogP contribution in [0.15, 0.2) is 4.52 Å². The molecule has 7 heteroatoms. The van der Waals surface area contributed by atoms with Gasteiger partial charge in [0.15, 0.2) is 6.10 Å². The lowest BCUT2D eigenvalue weighted by molar-refractivity contribution is -0.146. The van der Waals surface area contributed by atoms with Gasteiger partial charge in [-0.15, -0.1) is 0 Å². The summed E-state index contributed by atoms with van der Waals surface area (Å²) in [4.78, 5) is 21.7. The number of aromatic nitrogens is 1. The van der Waals surface area contributed by atoms with Gasteiger partial charge in [-0.2, -0.15) is 0 Å². The molecule has 0 fully saturated rings. The lowest BCUT2D eigenvalue weighted by Gasteiger charge is -2.07. The van der Waals surface area contributed by atoms with Crippen molar-refractivity contribution < 1.29 is 24.3 Å². The second-order valence-corrected chi connectivity index (χ2v) is 3.96. The lowest BCUT2D eigenvalue weighted by atomic mass is 10.1. The highest BCUT2D eigenvalue weighted by atomic mass is 16.5. The first-order valence-corrected chi connectivity index (χ1v) is 5.51. The molecule has 0 bridgehead atoms. The zero-order valence-corrected chi connectivity index (χ0v) is 10.3. The van der Waals surface area contributed by atoms with E-state index in [9.17, 15) is 9.59 Å². The third-order valence-corrected chi connectivity index (χ3v) is 2.56. The molecule has 0 aromatic carbocycles. The third kappa shape index (κ3) is 3.85. The average molecular weight is 256 g/mol. The predicted molar refractivity (Wildman–Crippen MR) is 61.0 cm³/mol. The highest BCUT2D eigenvalue weighted by molar-refractivity contribution is 5.78. The number of carbonyl (C=O) groups excluding carboxylic acids is 1. The van der Waals surface area contributed by atoms with Crippen molar-refractivity contribution in [3.63, 3.8) is 0 Å². The van der Waals surface area contributed by atoms with Gasteiger partial charge in [0.1, 0.15) is 5.76 Å². The summed E-state index contributed by atoms with van der Waals surface area (Å²) in [6.45, 7) is 3.26. The smallest absolute Gasteiger partial charge is 0.334 e. The van der Waals surface area contributed by atoms with Crippen LogP contribution in [0.5, 0.6) is 0 Å². The van der Waals surface area contributed by atoms with Gasteiger partial charge in [0.25, 0.3) is 0 Å². The van der Waals surface area contributed by atoms with E-state index in [0.29, 0.717) is 12.2 Å². The minimum absolute atomic E-state index is 0.190. The lowest BCUT2D eigenvalue weighted by Crippen LogP contribution is -2.36. The fourth-order valence-corrected chi connectivity index (χ4v) is 1.48. The molecule has 7 nitrogen and oxygen atoms in total. The number of carboxylic acids is 1. The van der Waals surface area contributed by atoms with Crippen LogP contribution < -0.4 is 5.32 Å². The van der Waals surface area contributed by atoms with Crippen LogP contribution in [-0.2, 0) is 16.0 Å². The Morgan fingerprint density at radius 1 is 1.44 bits per heavy atom. The molecule has 1 atom stereocenters. The number of aliphatic hydroxyl groups excluding tert-OH is 1. The van der Waals surface area contributed by atoms with Gasteiger partial charge in [0.05, 0.1) is 12.2 Å². The van der Waals surface area contributed by atoms with Crippen molar-refractivity contribution in [3.8, 4) is 0 Å². The summed E-state index contributed by atoms with van der Waals surface area (Å²) in [5.41, 5.74) is 1.62. The number of aryl methyl sites for hydroxylation is 2. The van der Waals surface area contributed by atoms with Gasteiger partial charge >= 0.3 is 5.97 Å². The Morgan fingerprint density at radius 2 is 2.11 bits per heavy atom. The minimum Gasteiger partial charge on any atom is -0.479 e. The monoisotopic (exact) mass is 256 g/mol. The van der Waals surface area contributed by atoms with E-state index < -0.39 is 12.1 Å². The van der Waals surface area contributed by atoms with E-state index in [1.807, 2.05) is 0 Å². The molecule has 100 valence electrons. The van der Waals surface area contributed by atoms with Crippen LogP contribution in [0.2, 0.25) is 0 Å². The maximum Gasteiger partial charge on any atom is 0.334 e. The van der Waals surface area contributed by atoms with Crippen molar-refractivity contribution in [1.82, 2.24) is 10.5 Å². The Morgan fingerprint density at radius 3 is 2.61 bits per heavy atom. The van der Waals surface area contributed by atoms with E-state index in [1.165, 1.54) is 0 Å². The first-order chi connectivity index (χ1) is 8.41. The molecule has 0 saturated carbocycles. The van der Waals surface area contributed by atoms with Crippen LogP contribution >= 0.6 is 0 Å². The van der Waals surface area contributed by atoms with Crippen molar-refractivity contribution in [1.29, 1.82) is 0 Å². The molecule has 1 aromatic heterocycles.